The van der Waals surface area contributed by atoms with E-state index >= 15 is 0 Å². The average Bonchev–Trinajstić information content (AvgIpc) is 2.88. The predicted octanol–water partition coefficient (Wildman–Crippen LogP) is 3.96. The van der Waals surface area contributed by atoms with Gasteiger partial charge in [-0.25, -0.2) is 4.98 Å². The monoisotopic (exact) mass is 302 g/mol. The summed E-state index contributed by atoms with van der Waals surface area (Å²) in [5.74, 6) is 0. The number of nitrogens with zero attached hydrogens (tertiary/aromatic N) is 2. The molecule has 0 aliphatic heterocycles. The average molecular weight is 303 g/mol. The highest BCUT2D eigenvalue weighted by atomic mass is 35.5. The molecule has 1 aromatic carbocycles. The maximum Gasteiger partial charge on any atom is 0.271 e. The number of allylic oxidation sites excluding steroid dienone is 1. The summed E-state index contributed by atoms with van der Waals surface area (Å²) < 4.78 is 2.22. The van der Waals surface area contributed by atoms with Gasteiger partial charge in [-0.05, 0) is 17.7 Å². The molecule has 0 unspecified atom stereocenters. The molecule has 0 spiro atoms. The molecule has 0 radical (unpaired) electrons. The maximum absolute atomic E-state index is 12.3. The third kappa shape index (κ3) is 2.17. The van der Waals surface area contributed by atoms with Crippen LogP contribution in [0.15, 0.2) is 53.4 Å². The molecule has 0 atom stereocenters. The van der Waals surface area contributed by atoms with Gasteiger partial charge in [-0.1, -0.05) is 29.8 Å². The lowest BCUT2D eigenvalue weighted by Gasteiger charge is -2.02. The zero-order valence-corrected chi connectivity index (χ0v) is 12.1. The molecule has 0 N–H and O–H groups in total. The molecule has 0 amide bonds. The van der Waals surface area contributed by atoms with Crippen LogP contribution in [-0.2, 0) is 6.54 Å². The van der Waals surface area contributed by atoms with E-state index in [2.05, 4.69) is 11.6 Å². The van der Waals surface area contributed by atoms with Gasteiger partial charge in [-0.2, -0.15) is 0 Å². The van der Waals surface area contributed by atoms with E-state index in [1.165, 1.54) is 11.3 Å². The number of rotatable bonds is 3. The third-order valence-corrected chi connectivity index (χ3v) is 4.24. The Kier molecular flexibility index (Phi) is 3.42. The molecule has 100 valence electrons. The molecule has 0 aliphatic carbocycles. The molecule has 2 heterocycles. The van der Waals surface area contributed by atoms with Crippen molar-refractivity contribution in [1.29, 1.82) is 0 Å². The SMILES string of the molecule is C=CCn1cnc2c(-c3ccc(Cl)cc3)csc2c1=O. The normalized spacial score (nSPS) is 10.8. The van der Waals surface area contributed by atoms with Gasteiger partial charge in [-0.15, -0.1) is 17.9 Å². The van der Waals surface area contributed by atoms with Gasteiger partial charge >= 0.3 is 0 Å². The summed E-state index contributed by atoms with van der Waals surface area (Å²) in [6.07, 6.45) is 3.25. The summed E-state index contributed by atoms with van der Waals surface area (Å²) in [6.45, 7) is 4.11. The number of fused-ring (bicyclic) bond motifs is 1. The van der Waals surface area contributed by atoms with E-state index in [-0.39, 0.29) is 5.56 Å². The minimum absolute atomic E-state index is 0.0277. The Balaban J connectivity index is 2.19. The lowest BCUT2D eigenvalue weighted by atomic mass is 10.1. The van der Waals surface area contributed by atoms with E-state index in [0.29, 0.717) is 16.3 Å². The number of benzene rings is 1. The predicted molar refractivity (Wildman–Crippen MR) is 84.5 cm³/mol. The van der Waals surface area contributed by atoms with Gasteiger partial charge in [0.05, 0.1) is 11.8 Å². The van der Waals surface area contributed by atoms with Crippen LogP contribution in [0.25, 0.3) is 21.3 Å². The van der Waals surface area contributed by atoms with Crippen molar-refractivity contribution in [2.45, 2.75) is 6.54 Å². The van der Waals surface area contributed by atoms with Gasteiger partial charge < -0.3 is 0 Å². The zero-order chi connectivity index (χ0) is 14.1. The van der Waals surface area contributed by atoms with Crippen molar-refractivity contribution in [2.75, 3.05) is 0 Å². The Morgan fingerprint density at radius 1 is 1.35 bits per heavy atom. The molecule has 0 saturated carbocycles. The fraction of sp³-hybridized carbons (Fsp3) is 0.0667. The lowest BCUT2D eigenvalue weighted by Crippen LogP contribution is -2.18. The van der Waals surface area contributed by atoms with Crippen LogP contribution in [0, 0.1) is 0 Å². The van der Waals surface area contributed by atoms with Gasteiger partial charge in [0.1, 0.15) is 4.70 Å². The second kappa shape index (κ2) is 5.23. The maximum atomic E-state index is 12.3. The topological polar surface area (TPSA) is 34.9 Å². The summed E-state index contributed by atoms with van der Waals surface area (Å²) in [5.41, 5.74) is 2.68. The molecule has 20 heavy (non-hydrogen) atoms. The molecule has 0 saturated heterocycles. The Morgan fingerprint density at radius 2 is 2.10 bits per heavy atom. The number of hydrogen-bond acceptors (Lipinski definition) is 3. The van der Waals surface area contributed by atoms with Crippen molar-refractivity contribution in [2.24, 2.45) is 0 Å². The highest BCUT2D eigenvalue weighted by molar-refractivity contribution is 7.17. The van der Waals surface area contributed by atoms with E-state index in [9.17, 15) is 4.79 Å². The fourth-order valence-corrected chi connectivity index (χ4v) is 3.15. The molecule has 3 aromatic rings. The summed E-state index contributed by atoms with van der Waals surface area (Å²) in [6, 6.07) is 7.53. The molecule has 0 fully saturated rings. The molecule has 0 bridgehead atoms. The second-order valence-electron chi connectivity index (χ2n) is 4.32. The quantitative estimate of drug-likeness (QED) is 0.686. The van der Waals surface area contributed by atoms with E-state index in [1.54, 1.807) is 17.0 Å². The third-order valence-electron chi connectivity index (χ3n) is 3.03. The Bertz CT molecular complexity index is 833. The fourth-order valence-electron chi connectivity index (χ4n) is 2.05. The van der Waals surface area contributed by atoms with Crippen LogP contribution in [-0.4, -0.2) is 9.55 Å². The van der Waals surface area contributed by atoms with Gasteiger partial charge in [0.25, 0.3) is 5.56 Å². The van der Waals surface area contributed by atoms with Gasteiger partial charge in [0.2, 0.25) is 0 Å². The number of thiophene rings is 1. The Labute approximate surface area is 124 Å². The summed E-state index contributed by atoms with van der Waals surface area (Å²) in [4.78, 5) is 16.7. The van der Waals surface area contributed by atoms with Gasteiger partial charge in [-0.3, -0.25) is 9.36 Å². The Hall–Kier alpha value is -1.91. The largest absolute Gasteiger partial charge is 0.294 e. The smallest absolute Gasteiger partial charge is 0.271 e. The second-order valence-corrected chi connectivity index (χ2v) is 5.64. The number of halogens is 1. The van der Waals surface area contributed by atoms with Crippen molar-refractivity contribution in [1.82, 2.24) is 9.55 Å². The molecule has 5 heteroatoms. The van der Waals surface area contributed by atoms with Crippen molar-refractivity contribution in [3.8, 4) is 11.1 Å². The first-order valence-corrected chi connectivity index (χ1v) is 7.30. The first-order chi connectivity index (χ1) is 9.70. The highest BCUT2D eigenvalue weighted by Gasteiger charge is 2.11. The standard InChI is InChI=1S/C15H11ClN2OS/c1-2-7-18-9-17-13-12(8-20-14(13)15(18)19)10-3-5-11(16)6-4-10/h2-6,8-9H,1,7H2. The van der Waals surface area contributed by atoms with Crippen molar-refractivity contribution in [3.63, 3.8) is 0 Å². The summed E-state index contributed by atoms with van der Waals surface area (Å²) in [7, 11) is 0. The van der Waals surface area contributed by atoms with Crippen LogP contribution in [0.2, 0.25) is 5.02 Å². The number of aromatic nitrogens is 2. The minimum atomic E-state index is -0.0277. The molecule has 2 aromatic heterocycles. The van der Waals surface area contributed by atoms with Gasteiger partial charge in [0.15, 0.2) is 0 Å². The van der Waals surface area contributed by atoms with Crippen LogP contribution in [0.5, 0.6) is 0 Å². The van der Waals surface area contributed by atoms with E-state index in [1.807, 2.05) is 29.6 Å². The molecule has 0 aliphatic rings. The van der Waals surface area contributed by atoms with Crippen molar-refractivity contribution >= 4 is 33.2 Å². The van der Waals surface area contributed by atoms with Crippen LogP contribution in [0.4, 0.5) is 0 Å². The molecule has 3 rings (SSSR count). The van der Waals surface area contributed by atoms with Crippen LogP contribution >= 0.6 is 22.9 Å². The summed E-state index contributed by atoms with van der Waals surface area (Å²) in [5, 5.41) is 2.65. The molecular weight excluding hydrogens is 292 g/mol. The van der Waals surface area contributed by atoms with E-state index < -0.39 is 0 Å². The number of hydrogen-bond donors (Lipinski definition) is 0. The van der Waals surface area contributed by atoms with Gasteiger partial charge in [0, 0.05) is 22.5 Å². The Morgan fingerprint density at radius 3 is 2.80 bits per heavy atom. The molecular formula is C15H11ClN2OS. The minimum Gasteiger partial charge on any atom is -0.294 e. The van der Waals surface area contributed by atoms with E-state index in [4.69, 9.17) is 11.6 Å². The highest BCUT2D eigenvalue weighted by Crippen LogP contribution is 2.31. The zero-order valence-electron chi connectivity index (χ0n) is 10.5. The lowest BCUT2D eigenvalue weighted by molar-refractivity contribution is 0.770. The van der Waals surface area contributed by atoms with Crippen molar-refractivity contribution < 1.29 is 0 Å². The van der Waals surface area contributed by atoms with E-state index in [0.717, 1.165) is 16.6 Å². The molecule has 3 nitrogen and oxygen atoms in total. The van der Waals surface area contributed by atoms with Crippen LogP contribution in [0.1, 0.15) is 0 Å². The first-order valence-electron chi connectivity index (χ1n) is 6.04. The van der Waals surface area contributed by atoms with Crippen LogP contribution in [0.3, 0.4) is 0 Å². The van der Waals surface area contributed by atoms with Crippen molar-refractivity contribution in [3.05, 3.63) is 64.0 Å². The summed E-state index contributed by atoms with van der Waals surface area (Å²) >= 11 is 7.31. The first kappa shape index (κ1) is 13.1. The van der Waals surface area contributed by atoms with Crippen LogP contribution < -0.4 is 5.56 Å².